The van der Waals surface area contributed by atoms with Crippen LogP contribution in [0.4, 0.5) is 0 Å². The van der Waals surface area contributed by atoms with E-state index in [1.807, 2.05) is 19.9 Å². The van der Waals surface area contributed by atoms with Gasteiger partial charge in [-0.15, -0.1) is 0 Å². The fourth-order valence-corrected chi connectivity index (χ4v) is 3.16. The third-order valence-electron chi connectivity index (χ3n) is 3.30. The molecule has 1 fully saturated rings. The van der Waals surface area contributed by atoms with Crippen molar-refractivity contribution in [2.24, 2.45) is 0 Å². The van der Waals surface area contributed by atoms with Crippen molar-refractivity contribution in [1.29, 1.82) is 0 Å². The molecule has 4 nitrogen and oxygen atoms in total. The molecule has 1 N–H and O–H groups in total. The highest BCUT2D eigenvalue weighted by Crippen LogP contribution is 2.28. The summed E-state index contributed by atoms with van der Waals surface area (Å²) in [4.78, 5) is 0.388. The van der Waals surface area contributed by atoms with Crippen LogP contribution in [0.25, 0.3) is 0 Å². The lowest BCUT2D eigenvalue weighted by Gasteiger charge is -2.26. The van der Waals surface area contributed by atoms with Crippen molar-refractivity contribution >= 4 is 9.84 Å². The number of hydrogen-bond acceptors (Lipinski definition) is 4. The molecule has 0 bridgehead atoms. The lowest BCUT2D eigenvalue weighted by Crippen LogP contribution is -2.34. The summed E-state index contributed by atoms with van der Waals surface area (Å²) in [6, 6.07) is 3.68. The maximum Gasteiger partial charge on any atom is 0.175 e. The van der Waals surface area contributed by atoms with Crippen LogP contribution in [-0.4, -0.2) is 34.4 Å². The first-order valence-electron chi connectivity index (χ1n) is 6.03. The maximum atomic E-state index is 11.9. The molecule has 1 saturated heterocycles. The van der Waals surface area contributed by atoms with Gasteiger partial charge in [0.1, 0.15) is 0 Å². The fraction of sp³-hybridized carbons (Fsp3) is 0.538. The fourth-order valence-electron chi connectivity index (χ4n) is 2.15. The first-order chi connectivity index (χ1) is 8.39. The Labute approximate surface area is 108 Å². The third-order valence-corrected chi connectivity index (χ3v) is 4.45. The average Bonchev–Trinajstić information content (AvgIpc) is 2.32. The van der Waals surface area contributed by atoms with Crippen molar-refractivity contribution in [3.05, 3.63) is 28.8 Å². The number of benzene rings is 1. The molecule has 0 radical (unpaired) electrons. The van der Waals surface area contributed by atoms with Crippen molar-refractivity contribution in [3.8, 4) is 0 Å². The lowest BCUT2D eigenvalue weighted by molar-refractivity contribution is 0.0259. The van der Waals surface area contributed by atoms with Crippen molar-refractivity contribution in [3.63, 3.8) is 0 Å². The number of sulfone groups is 1. The van der Waals surface area contributed by atoms with Crippen LogP contribution in [0.5, 0.6) is 0 Å². The van der Waals surface area contributed by atoms with E-state index in [9.17, 15) is 8.42 Å². The smallest absolute Gasteiger partial charge is 0.175 e. The molecule has 1 heterocycles. The van der Waals surface area contributed by atoms with Gasteiger partial charge in [-0.1, -0.05) is 6.07 Å². The zero-order valence-corrected chi connectivity index (χ0v) is 11.8. The molecule has 0 saturated carbocycles. The van der Waals surface area contributed by atoms with E-state index < -0.39 is 9.84 Å². The van der Waals surface area contributed by atoms with E-state index in [0.717, 1.165) is 23.2 Å². The number of ether oxygens (including phenoxy) is 1. The van der Waals surface area contributed by atoms with Gasteiger partial charge in [-0.2, -0.15) is 0 Å². The van der Waals surface area contributed by atoms with Crippen LogP contribution < -0.4 is 5.32 Å². The Balaban J connectivity index is 2.53. The first-order valence-corrected chi connectivity index (χ1v) is 7.92. The van der Waals surface area contributed by atoms with Crippen LogP contribution in [0, 0.1) is 13.8 Å². The Morgan fingerprint density at radius 2 is 1.94 bits per heavy atom. The number of nitrogens with one attached hydrogen (secondary N) is 1. The van der Waals surface area contributed by atoms with Gasteiger partial charge in [0.25, 0.3) is 0 Å². The minimum absolute atomic E-state index is 0.178. The number of morpholine rings is 1. The summed E-state index contributed by atoms with van der Waals surface area (Å²) in [5.74, 6) is 0. The molecule has 0 spiro atoms. The van der Waals surface area contributed by atoms with Gasteiger partial charge in [0.2, 0.25) is 0 Å². The van der Waals surface area contributed by atoms with Gasteiger partial charge in [-0.05, 0) is 31.0 Å². The SMILES string of the molecule is Cc1cc(C2CNCCO2)c(S(C)(=O)=O)cc1C. The highest BCUT2D eigenvalue weighted by molar-refractivity contribution is 7.90. The Hall–Kier alpha value is -0.910. The number of rotatable bonds is 2. The van der Waals surface area contributed by atoms with Gasteiger partial charge >= 0.3 is 0 Å². The second-order valence-corrected chi connectivity index (χ2v) is 6.79. The highest BCUT2D eigenvalue weighted by Gasteiger charge is 2.23. The maximum absolute atomic E-state index is 11.9. The van der Waals surface area contributed by atoms with Crippen LogP contribution in [0.2, 0.25) is 0 Å². The molecule has 2 rings (SSSR count). The predicted molar refractivity (Wildman–Crippen MR) is 70.6 cm³/mol. The van der Waals surface area contributed by atoms with Crippen LogP contribution in [0.15, 0.2) is 17.0 Å². The molecule has 1 aromatic carbocycles. The largest absolute Gasteiger partial charge is 0.371 e. The van der Waals surface area contributed by atoms with Gasteiger partial charge in [0.15, 0.2) is 9.84 Å². The highest BCUT2D eigenvalue weighted by atomic mass is 32.2. The normalized spacial score (nSPS) is 20.9. The topological polar surface area (TPSA) is 55.4 Å². The molecule has 1 aliphatic heterocycles. The van der Waals surface area contributed by atoms with E-state index in [4.69, 9.17) is 4.74 Å². The minimum Gasteiger partial charge on any atom is -0.371 e. The minimum atomic E-state index is -3.23. The van der Waals surface area contributed by atoms with E-state index in [0.29, 0.717) is 18.0 Å². The monoisotopic (exact) mass is 269 g/mol. The molecular formula is C13H19NO3S. The van der Waals surface area contributed by atoms with Crippen molar-refractivity contribution in [1.82, 2.24) is 5.32 Å². The van der Waals surface area contributed by atoms with E-state index in [2.05, 4.69) is 5.32 Å². The third kappa shape index (κ3) is 2.74. The molecule has 0 aromatic heterocycles. The summed E-state index contributed by atoms with van der Waals surface area (Å²) in [6.45, 7) is 6.00. The predicted octanol–water partition coefficient (Wildman–Crippen LogP) is 1.37. The molecule has 18 heavy (non-hydrogen) atoms. The average molecular weight is 269 g/mol. The standard InChI is InChI=1S/C13H19NO3S/c1-9-6-11(12-8-14-4-5-17-12)13(7-10(9)2)18(3,15)16/h6-7,12,14H,4-5,8H2,1-3H3. The molecule has 1 atom stereocenters. The molecule has 1 aromatic rings. The van der Waals surface area contributed by atoms with E-state index in [1.165, 1.54) is 6.26 Å². The summed E-state index contributed by atoms with van der Waals surface area (Å²) in [5, 5.41) is 3.23. The molecule has 0 aliphatic carbocycles. The summed E-state index contributed by atoms with van der Waals surface area (Å²) in [7, 11) is -3.23. The zero-order valence-electron chi connectivity index (χ0n) is 11.0. The zero-order chi connectivity index (χ0) is 13.3. The van der Waals surface area contributed by atoms with Crippen LogP contribution in [-0.2, 0) is 14.6 Å². The molecular weight excluding hydrogens is 250 g/mol. The summed E-state index contributed by atoms with van der Waals surface area (Å²) in [6.07, 6.45) is 1.07. The Kier molecular flexibility index (Phi) is 3.75. The summed E-state index contributed by atoms with van der Waals surface area (Å²) < 4.78 is 29.4. The van der Waals surface area contributed by atoms with Crippen molar-refractivity contribution in [2.45, 2.75) is 24.8 Å². The van der Waals surface area contributed by atoms with E-state index in [-0.39, 0.29) is 6.10 Å². The summed E-state index contributed by atoms with van der Waals surface area (Å²) in [5.41, 5.74) is 2.85. The first kappa shape index (κ1) is 13.5. The Morgan fingerprint density at radius 1 is 1.28 bits per heavy atom. The van der Waals surface area contributed by atoms with Gasteiger partial charge in [-0.25, -0.2) is 8.42 Å². The quantitative estimate of drug-likeness (QED) is 0.881. The molecule has 1 unspecified atom stereocenters. The van der Waals surface area contributed by atoms with Gasteiger partial charge in [0.05, 0.1) is 17.6 Å². The molecule has 100 valence electrons. The van der Waals surface area contributed by atoms with Crippen molar-refractivity contribution in [2.75, 3.05) is 26.0 Å². The number of hydrogen-bond donors (Lipinski definition) is 1. The van der Waals surface area contributed by atoms with Crippen LogP contribution in [0.1, 0.15) is 22.8 Å². The second kappa shape index (κ2) is 4.99. The lowest BCUT2D eigenvalue weighted by atomic mass is 10.0. The van der Waals surface area contributed by atoms with Gasteiger partial charge < -0.3 is 10.1 Å². The van der Waals surface area contributed by atoms with Crippen LogP contribution >= 0.6 is 0 Å². The van der Waals surface area contributed by atoms with Crippen molar-refractivity contribution < 1.29 is 13.2 Å². The van der Waals surface area contributed by atoms with E-state index >= 15 is 0 Å². The van der Waals surface area contributed by atoms with Gasteiger partial charge in [-0.3, -0.25) is 0 Å². The Morgan fingerprint density at radius 3 is 2.50 bits per heavy atom. The summed E-state index contributed by atoms with van der Waals surface area (Å²) >= 11 is 0. The number of aryl methyl sites for hydroxylation is 2. The van der Waals surface area contributed by atoms with Gasteiger partial charge in [0, 0.05) is 24.9 Å². The van der Waals surface area contributed by atoms with E-state index in [1.54, 1.807) is 6.07 Å². The molecule has 1 aliphatic rings. The van der Waals surface area contributed by atoms with Crippen LogP contribution in [0.3, 0.4) is 0 Å². The second-order valence-electron chi connectivity index (χ2n) is 4.81. The Bertz CT molecular complexity index is 546. The molecule has 0 amide bonds. The molecule has 5 heteroatoms.